The number of nitrogens with one attached hydrogen (secondary N) is 1. The van der Waals surface area contributed by atoms with Crippen LogP contribution in [0.4, 0.5) is 0 Å². The van der Waals surface area contributed by atoms with Crippen LogP contribution in [0.3, 0.4) is 0 Å². The molecule has 5 aromatic carbocycles. The van der Waals surface area contributed by atoms with E-state index in [4.69, 9.17) is 9.47 Å². The second-order valence-electron chi connectivity index (χ2n) is 10.5. The lowest BCUT2D eigenvalue weighted by atomic mass is 9.97. The molecular weight excluding hydrogens is 520 g/mol. The first-order valence-electron chi connectivity index (χ1n) is 14.4. The molecule has 0 aliphatic carbocycles. The van der Waals surface area contributed by atoms with Crippen molar-refractivity contribution in [2.45, 2.75) is 19.1 Å². The summed E-state index contributed by atoms with van der Waals surface area (Å²) in [6.45, 7) is 1.68. The zero-order valence-corrected chi connectivity index (χ0v) is 24.1. The molecule has 0 bridgehead atoms. The van der Waals surface area contributed by atoms with Crippen LogP contribution in [0.5, 0.6) is 11.5 Å². The van der Waals surface area contributed by atoms with Crippen molar-refractivity contribution in [2.24, 2.45) is 0 Å². The number of benzene rings is 5. The second-order valence-corrected chi connectivity index (χ2v) is 10.5. The first kappa shape index (κ1) is 27.6. The minimum Gasteiger partial charge on any atom is -0.493 e. The lowest BCUT2D eigenvalue weighted by molar-refractivity contribution is 0.154. The Morgan fingerprint density at radius 3 is 2.14 bits per heavy atom. The molecule has 0 aliphatic heterocycles. The number of fused-ring (bicyclic) bond motifs is 3. The molecule has 1 heterocycles. The molecule has 1 unspecified atom stereocenters. The number of rotatable bonds is 11. The van der Waals surface area contributed by atoms with E-state index in [1.54, 1.807) is 14.2 Å². The van der Waals surface area contributed by atoms with Gasteiger partial charge in [-0.1, -0.05) is 103 Å². The average Bonchev–Trinajstić information content (AvgIpc) is 3.38. The van der Waals surface area contributed by atoms with Crippen LogP contribution in [-0.2, 0) is 13.0 Å². The smallest absolute Gasteiger partial charge is 0.160 e. The first-order valence-corrected chi connectivity index (χ1v) is 14.4. The van der Waals surface area contributed by atoms with Gasteiger partial charge in [0.1, 0.15) is 0 Å². The van der Waals surface area contributed by atoms with E-state index in [-0.39, 0.29) is 0 Å². The summed E-state index contributed by atoms with van der Waals surface area (Å²) in [6.07, 6.45) is 0.230. The van der Waals surface area contributed by atoms with Crippen LogP contribution in [0.2, 0.25) is 0 Å². The molecule has 0 amide bonds. The molecule has 0 radical (unpaired) electrons. The molecule has 42 heavy (non-hydrogen) atoms. The van der Waals surface area contributed by atoms with E-state index in [0.717, 1.165) is 52.4 Å². The minimum atomic E-state index is -0.587. The third kappa shape index (κ3) is 5.49. The maximum atomic E-state index is 11.4. The normalized spacial score (nSPS) is 12.1. The fraction of sp³-hybridized carbons (Fsp3) is 0.189. The summed E-state index contributed by atoms with van der Waals surface area (Å²) < 4.78 is 13.1. The lowest BCUT2D eigenvalue weighted by Gasteiger charge is -2.18. The molecule has 0 aliphatic rings. The Morgan fingerprint density at radius 1 is 0.714 bits per heavy atom. The highest BCUT2D eigenvalue weighted by molar-refractivity contribution is 6.15. The van der Waals surface area contributed by atoms with Gasteiger partial charge in [0.2, 0.25) is 0 Å². The predicted molar refractivity (Wildman–Crippen MR) is 172 cm³/mol. The number of methoxy groups -OCH3 is 2. The van der Waals surface area contributed by atoms with Crippen LogP contribution in [0.1, 0.15) is 5.56 Å². The highest BCUT2D eigenvalue weighted by Gasteiger charge is 2.23. The Bertz CT molecular complexity index is 1800. The van der Waals surface area contributed by atoms with Crippen molar-refractivity contribution in [1.29, 1.82) is 0 Å². The largest absolute Gasteiger partial charge is 0.493 e. The van der Waals surface area contributed by atoms with E-state index in [0.29, 0.717) is 13.1 Å². The standard InChI is InChI=1S/C37H36N2O3/c1-41-33-20-17-26(23-34(33)42-2)21-22-38-24-30(40)25-39-36(29-14-7-4-8-15-29)35(28-12-5-3-6-13-28)32-19-18-27-11-9-10-16-31(27)37(32)39/h3-20,23,30,38,40H,21-22,24-25H2,1-2H3. The fourth-order valence-electron chi connectivity index (χ4n) is 5.91. The topological polar surface area (TPSA) is 55.6 Å². The number of nitrogens with zero attached hydrogens (tertiary/aromatic N) is 1. The number of ether oxygens (including phenoxy) is 2. The van der Waals surface area contributed by atoms with E-state index in [2.05, 4.69) is 101 Å². The molecule has 0 spiro atoms. The van der Waals surface area contributed by atoms with Crippen molar-refractivity contribution >= 4 is 21.7 Å². The highest BCUT2D eigenvalue weighted by Crippen LogP contribution is 2.43. The molecule has 1 atom stereocenters. The third-order valence-electron chi connectivity index (χ3n) is 7.87. The lowest BCUT2D eigenvalue weighted by Crippen LogP contribution is -2.31. The van der Waals surface area contributed by atoms with Crippen LogP contribution < -0.4 is 14.8 Å². The molecule has 212 valence electrons. The summed E-state index contributed by atoms with van der Waals surface area (Å²) >= 11 is 0. The summed E-state index contributed by atoms with van der Waals surface area (Å²) in [5.74, 6) is 1.45. The minimum absolute atomic E-state index is 0.463. The van der Waals surface area contributed by atoms with Crippen LogP contribution in [0, 0.1) is 0 Å². The van der Waals surface area contributed by atoms with E-state index in [1.807, 2.05) is 24.3 Å². The van der Waals surface area contributed by atoms with E-state index in [1.165, 1.54) is 21.7 Å². The van der Waals surface area contributed by atoms with Gasteiger partial charge in [-0.15, -0.1) is 0 Å². The summed E-state index contributed by atoms with van der Waals surface area (Å²) in [7, 11) is 3.29. The Kier molecular flexibility index (Phi) is 8.22. The predicted octanol–water partition coefficient (Wildman–Crippen LogP) is 7.34. The SMILES string of the molecule is COc1ccc(CCNCC(O)Cn2c(-c3ccccc3)c(-c3ccccc3)c3ccc4ccccc4c32)cc1OC. The molecular formula is C37H36N2O3. The summed E-state index contributed by atoms with van der Waals surface area (Å²) in [4.78, 5) is 0. The van der Waals surface area contributed by atoms with Crippen molar-refractivity contribution in [2.75, 3.05) is 27.3 Å². The summed E-state index contributed by atoms with van der Waals surface area (Å²) in [5, 5.41) is 18.4. The van der Waals surface area contributed by atoms with Gasteiger partial charge in [0.25, 0.3) is 0 Å². The molecule has 1 aromatic heterocycles. The van der Waals surface area contributed by atoms with Crippen molar-refractivity contribution in [1.82, 2.24) is 9.88 Å². The average molecular weight is 557 g/mol. The van der Waals surface area contributed by atoms with Crippen molar-refractivity contribution in [3.63, 3.8) is 0 Å². The number of aliphatic hydroxyl groups excluding tert-OH is 1. The van der Waals surface area contributed by atoms with Gasteiger partial charge >= 0.3 is 0 Å². The maximum Gasteiger partial charge on any atom is 0.160 e. The van der Waals surface area contributed by atoms with Gasteiger partial charge in [-0.25, -0.2) is 0 Å². The van der Waals surface area contributed by atoms with Crippen LogP contribution >= 0.6 is 0 Å². The number of aliphatic hydroxyl groups is 1. The van der Waals surface area contributed by atoms with Gasteiger partial charge in [-0.3, -0.25) is 0 Å². The number of hydrogen-bond acceptors (Lipinski definition) is 4. The zero-order chi connectivity index (χ0) is 28.9. The van der Waals surface area contributed by atoms with Gasteiger partial charge in [-0.2, -0.15) is 0 Å². The highest BCUT2D eigenvalue weighted by atomic mass is 16.5. The van der Waals surface area contributed by atoms with Gasteiger partial charge < -0.3 is 24.5 Å². The quantitative estimate of drug-likeness (QED) is 0.164. The van der Waals surface area contributed by atoms with Crippen LogP contribution in [-0.4, -0.2) is 43.1 Å². The van der Waals surface area contributed by atoms with E-state index >= 15 is 0 Å². The van der Waals surface area contributed by atoms with Gasteiger partial charge in [0.15, 0.2) is 11.5 Å². The molecule has 0 saturated heterocycles. The van der Waals surface area contributed by atoms with Crippen LogP contribution in [0.25, 0.3) is 44.1 Å². The maximum absolute atomic E-state index is 11.4. The molecule has 5 nitrogen and oxygen atoms in total. The number of aromatic nitrogens is 1. The Balaban J connectivity index is 1.34. The van der Waals surface area contributed by atoms with Crippen molar-refractivity contribution < 1.29 is 14.6 Å². The molecule has 2 N–H and O–H groups in total. The Morgan fingerprint density at radius 2 is 1.40 bits per heavy atom. The Labute approximate surface area is 247 Å². The molecule has 6 rings (SSSR count). The summed E-state index contributed by atoms with van der Waals surface area (Å²) in [5.41, 5.74) is 6.91. The first-order chi connectivity index (χ1) is 20.7. The van der Waals surface area contributed by atoms with E-state index < -0.39 is 6.10 Å². The Hall–Kier alpha value is -4.58. The van der Waals surface area contributed by atoms with Gasteiger partial charge in [0, 0.05) is 22.9 Å². The van der Waals surface area contributed by atoms with Crippen LogP contribution in [0.15, 0.2) is 115 Å². The molecule has 6 aromatic rings. The second kappa shape index (κ2) is 12.5. The monoisotopic (exact) mass is 556 g/mol. The molecule has 0 saturated carbocycles. The zero-order valence-electron chi connectivity index (χ0n) is 24.1. The molecule has 0 fully saturated rings. The fourth-order valence-corrected chi connectivity index (χ4v) is 5.91. The van der Waals surface area contributed by atoms with Gasteiger partial charge in [-0.05, 0) is 47.2 Å². The third-order valence-corrected chi connectivity index (χ3v) is 7.87. The van der Waals surface area contributed by atoms with Crippen molar-refractivity contribution in [3.05, 3.63) is 121 Å². The number of hydrogen-bond donors (Lipinski definition) is 2. The van der Waals surface area contributed by atoms with E-state index in [9.17, 15) is 5.11 Å². The molecule has 5 heteroatoms. The summed E-state index contributed by atoms with van der Waals surface area (Å²) in [6, 6.07) is 40.0. The van der Waals surface area contributed by atoms with Crippen molar-refractivity contribution in [3.8, 4) is 33.9 Å². The van der Waals surface area contributed by atoms with Gasteiger partial charge in [0.05, 0.1) is 38.1 Å².